The number of alkyl halides is 3. The minimum atomic E-state index is -4.52. The van der Waals surface area contributed by atoms with Gasteiger partial charge in [-0.3, -0.25) is 9.48 Å². The summed E-state index contributed by atoms with van der Waals surface area (Å²) in [6.45, 7) is 3.20. The summed E-state index contributed by atoms with van der Waals surface area (Å²) < 4.78 is 52.3. The number of rotatable bonds is 4. The first-order chi connectivity index (χ1) is 10.7. The molecule has 0 fully saturated rings. The fourth-order valence-corrected chi connectivity index (χ4v) is 2.03. The number of halogens is 4. The highest BCUT2D eigenvalue weighted by molar-refractivity contribution is 5.90. The molecule has 1 amide bonds. The molecule has 1 heterocycles. The Balaban J connectivity index is 2.00. The Morgan fingerprint density at radius 2 is 1.96 bits per heavy atom. The van der Waals surface area contributed by atoms with Crippen LogP contribution in [0.5, 0.6) is 0 Å². The number of benzene rings is 1. The molecule has 1 N–H and O–H groups in total. The normalized spacial score (nSPS) is 11.6. The molecule has 0 spiro atoms. The molecule has 0 radical (unpaired) electrons. The number of nitrogens with one attached hydrogen (secondary N) is 1. The number of aryl methyl sites for hydroxylation is 3. The van der Waals surface area contributed by atoms with Gasteiger partial charge in [-0.2, -0.15) is 18.3 Å². The summed E-state index contributed by atoms with van der Waals surface area (Å²) in [5, 5.41) is 5.83. The van der Waals surface area contributed by atoms with Gasteiger partial charge < -0.3 is 5.32 Å². The predicted molar refractivity (Wildman–Crippen MR) is 76.3 cm³/mol. The third-order valence-electron chi connectivity index (χ3n) is 3.22. The van der Waals surface area contributed by atoms with E-state index in [1.807, 2.05) is 0 Å². The Morgan fingerprint density at radius 3 is 2.57 bits per heavy atom. The van der Waals surface area contributed by atoms with Gasteiger partial charge in [0.15, 0.2) is 5.69 Å². The van der Waals surface area contributed by atoms with Crippen LogP contribution < -0.4 is 5.32 Å². The number of anilines is 1. The molecular weight excluding hydrogens is 314 g/mol. The summed E-state index contributed by atoms with van der Waals surface area (Å²) in [5.74, 6) is -1.07. The lowest BCUT2D eigenvalue weighted by molar-refractivity contribution is -0.141. The van der Waals surface area contributed by atoms with Crippen molar-refractivity contribution in [2.45, 2.75) is 33.0 Å². The van der Waals surface area contributed by atoms with Crippen molar-refractivity contribution in [3.63, 3.8) is 0 Å². The average molecular weight is 329 g/mol. The molecule has 124 valence electrons. The summed E-state index contributed by atoms with van der Waals surface area (Å²) in [4.78, 5) is 11.8. The quantitative estimate of drug-likeness (QED) is 0.870. The fraction of sp³-hybridized carbons (Fsp3) is 0.333. The molecule has 0 bridgehead atoms. The van der Waals surface area contributed by atoms with Crippen LogP contribution in [-0.2, 0) is 17.5 Å². The monoisotopic (exact) mass is 329 g/mol. The zero-order valence-corrected chi connectivity index (χ0v) is 12.5. The SMILES string of the molecule is Cc1ccc(F)c(NC(=O)CCn2nc(C(F)(F)F)cc2C)c1. The lowest BCUT2D eigenvalue weighted by Gasteiger charge is -2.08. The molecule has 0 saturated carbocycles. The molecule has 0 aliphatic rings. The Morgan fingerprint density at radius 1 is 1.26 bits per heavy atom. The molecule has 4 nitrogen and oxygen atoms in total. The zero-order valence-electron chi connectivity index (χ0n) is 12.5. The van der Waals surface area contributed by atoms with E-state index in [2.05, 4.69) is 10.4 Å². The van der Waals surface area contributed by atoms with Crippen molar-refractivity contribution in [2.75, 3.05) is 5.32 Å². The number of amides is 1. The van der Waals surface area contributed by atoms with Crippen LogP contribution in [0.1, 0.15) is 23.4 Å². The number of hydrogen-bond acceptors (Lipinski definition) is 2. The highest BCUT2D eigenvalue weighted by atomic mass is 19.4. The van der Waals surface area contributed by atoms with Gasteiger partial charge in [-0.05, 0) is 37.6 Å². The van der Waals surface area contributed by atoms with Crippen molar-refractivity contribution in [1.29, 1.82) is 0 Å². The summed E-state index contributed by atoms with van der Waals surface area (Å²) in [6, 6.07) is 5.20. The lowest BCUT2D eigenvalue weighted by atomic mass is 10.2. The lowest BCUT2D eigenvalue weighted by Crippen LogP contribution is -2.17. The highest BCUT2D eigenvalue weighted by Gasteiger charge is 2.34. The van der Waals surface area contributed by atoms with Crippen LogP contribution >= 0.6 is 0 Å². The van der Waals surface area contributed by atoms with Crippen LogP contribution in [0, 0.1) is 19.7 Å². The van der Waals surface area contributed by atoms with Gasteiger partial charge in [0.25, 0.3) is 0 Å². The summed E-state index contributed by atoms with van der Waals surface area (Å²) in [7, 11) is 0. The van der Waals surface area contributed by atoms with Crippen molar-refractivity contribution in [3.05, 3.63) is 47.0 Å². The van der Waals surface area contributed by atoms with E-state index < -0.39 is 23.6 Å². The molecule has 0 aliphatic heterocycles. The molecular formula is C15H15F4N3O. The molecule has 2 aromatic rings. The first-order valence-electron chi connectivity index (χ1n) is 6.84. The van der Waals surface area contributed by atoms with Crippen LogP contribution in [0.2, 0.25) is 0 Å². The van der Waals surface area contributed by atoms with Gasteiger partial charge in [-0.1, -0.05) is 6.07 Å². The maximum atomic E-state index is 13.5. The van der Waals surface area contributed by atoms with E-state index in [0.717, 1.165) is 16.3 Å². The minimum absolute atomic E-state index is 0.0266. The van der Waals surface area contributed by atoms with Gasteiger partial charge in [-0.25, -0.2) is 4.39 Å². The number of carbonyl (C=O) groups is 1. The molecule has 2 rings (SSSR count). The maximum Gasteiger partial charge on any atom is 0.435 e. The van der Waals surface area contributed by atoms with Crippen molar-refractivity contribution in [2.24, 2.45) is 0 Å². The fourth-order valence-electron chi connectivity index (χ4n) is 2.03. The van der Waals surface area contributed by atoms with E-state index in [0.29, 0.717) is 5.69 Å². The Hall–Kier alpha value is -2.38. The first-order valence-corrected chi connectivity index (χ1v) is 6.84. The zero-order chi connectivity index (χ0) is 17.2. The predicted octanol–water partition coefficient (Wildman–Crippen LogP) is 3.69. The van der Waals surface area contributed by atoms with Crippen molar-refractivity contribution < 1.29 is 22.4 Å². The summed E-state index contributed by atoms with van der Waals surface area (Å²) in [6.07, 6.45) is -4.64. The molecule has 0 aliphatic carbocycles. The Kier molecular flexibility index (Phi) is 4.72. The van der Waals surface area contributed by atoms with E-state index >= 15 is 0 Å². The number of aromatic nitrogens is 2. The van der Waals surface area contributed by atoms with E-state index in [-0.39, 0.29) is 18.7 Å². The van der Waals surface area contributed by atoms with Gasteiger partial charge in [0.2, 0.25) is 5.91 Å². The van der Waals surface area contributed by atoms with Crippen molar-refractivity contribution >= 4 is 11.6 Å². The second-order valence-corrected chi connectivity index (χ2v) is 5.17. The largest absolute Gasteiger partial charge is 0.435 e. The molecule has 0 saturated heterocycles. The van der Waals surface area contributed by atoms with E-state index in [9.17, 15) is 22.4 Å². The molecule has 0 unspecified atom stereocenters. The maximum absolute atomic E-state index is 13.5. The molecule has 23 heavy (non-hydrogen) atoms. The Bertz CT molecular complexity index is 722. The average Bonchev–Trinajstić information content (AvgIpc) is 2.82. The van der Waals surface area contributed by atoms with Crippen LogP contribution in [0.4, 0.5) is 23.2 Å². The number of nitrogens with zero attached hydrogens (tertiary/aromatic N) is 2. The number of carbonyl (C=O) groups excluding carboxylic acids is 1. The molecule has 1 aromatic carbocycles. The van der Waals surface area contributed by atoms with Crippen LogP contribution in [0.3, 0.4) is 0 Å². The molecule has 1 aromatic heterocycles. The second-order valence-electron chi connectivity index (χ2n) is 5.17. The van der Waals surface area contributed by atoms with Gasteiger partial charge in [0.1, 0.15) is 5.82 Å². The second kappa shape index (κ2) is 6.39. The van der Waals surface area contributed by atoms with E-state index in [1.54, 1.807) is 13.0 Å². The molecule has 8 heteroatoms. The minimum Gasteiger partial charge on any atom is -0.324 e. The van der Waals surface area contributed by atoms with Crippen molar-refractivity contribution in [1.82, 2.24) is 9.78 Å². The van der Waals surface area contributed by atoms with Crippen LogP contribution in [0.25, 0.3) is 0 Å². The summed E-state index contributed by atoms with van der Waals surface area (Å²) in [5.41, 5.74) is 0.120. The third kappa shape index (κ3) is 4.30. The standard InChI is InChI=1S/C15H15F4N3O/c1-9-3-4-11(16)12(7-9)20-14(23)5-6-22-10(2)8-13(21-22)15(17,18)19/h3-4,7-8H,5-6H2,1-2H3,(H,20,23). The van der Waals surface area contributed by atoms with Crippen LogP contribution in [-0.4, -0.2) is 15.7 Å². The topological polar surface area (TPSA) is 46.9 Å². The van der Waals surface area contributed by atoms with E-state index in [1.165, 1.54) is 19.1 Å². The highest BCUT2D eigenvalue weighted by Crippen LogP contribution is 2.28. The molecule has 0 atom stereocenters. The van der Waals surface area contributed by atoms with Gasteiger partial charge in [0, 0.05) is 18.7 Å². The third-order valence-corrected chi connectivity index (χ3v) is 3.22. The van der Waals surface area contributed by atoms with Gasteiger partial charge in [0.05, 0.1) is 5.69 Å². The van der Waals surface area contributed by atoms with Gasteiger partial charge >= 0.3 is 6.18 Å². The number of hydrogen-bond donors (Lipinski definition) is 1. The van der Waals surface area contributed by atoms with Gasteiger partial charge in [-0.15, -0.1) is 0 Å². The summed E-state index contributed by atoms with van der Waals surface area (Å²) >= 11 is 0. The van der Waals surface area contributed by atoms with E-state index in [4.69, 9.17) is 0 Å². The Labute approximate surface area is 130 Å². The first kappa shape index (κ1) is 17.0. The van der Waals surface area contributed by atoms with Crippen molar-refractivity contribution in [3.8, 4) is 0 Å². The smallest absolute Gasteiger partial charge is 0.324 e. The van der Waals surface area contributed by atoms with Crippen LogP contribution in [0.15, 0.2) is 24.3 Å².